The molecule has 1 heterocycles. The molecule has 0 saturated heterocycles. The van der Waals surface area contributed by atoms with Crippen LogP contribution in [0.1, 0.15) is 45.1 Å². The first-order chi connectivity index (χ1) is 15.1. The number of ketones is 1. The molecule has 1 aliphatic carbocycles. The van der Waals surface area contributed by atoms with E-state index in [-0.39, 0.29) is 16.8 Å². The number of anilines is 1. The Hall–Kier alpha value is -2.99. The number of dihydropyridines is 1. The predicted octanol–water partition coefficient (Wildman–Crippen LogP) is 5.86. The van der Waals surface area contributed by atoms with Crippen molar-refractivity contribution < 1.29 is 18.4 Å². The van der Waals surface area contributed by atoms with E-state index in [0.29, 0.717) is 34.7 Å². The minimum Gasteiger partial charge on any atom is -0.362 e. The third kappa shape index (κ3) is 3.95. The van der Waals surface area contributed by atoms with E-state index in [4.69, 9.17) is 11.6 Å². The highest BCUT2D eigenvalue weighted by Gasteiger charge is 2.43. The molecule has 0 radical (unpaired) electrons. The highest BCUT2D eigenvalue weighted by molar-refractivity contribution is 6.31. The van der Waals surface area contributed by atoms with Crippen molar-refractivity contribution >= 4 is 29.0 Å². The maximum absolute atomic E-state index is 14.2. The number of allylic oxidation sites excluding steroid dienone is 3. The molecular weight excluding hydrogens is 434 g/mol. The van der Waals surface area contributed by atoms with Crippen molar-refractivity contribution in [2.45, 2.75) is 39.5 Å². The summed E-state index contributed by atoms with van der Waals surface area (Å²) in [6.45, 7) is 5.75. The van der Waals surface area contributed by atoms with Crippen LogP contribution >= 0.6 is 11.6 Å². The molecule has 4 rings (SSSR count). The van der Waals surface area contributed by atoms with Crippen LogP contribution in [0.5, 0.6) is 0 Å². The van der Waals surface area contributed by atoms with Crippen LogP contribution in [-0.2, 0) is 9.59 Å². The fourth-order valence-electron chi connectivity index (χ4n) is 4.56. The van der Waals surface area contributed by atoms with Gasteiger partial charge in [-0.05, 0) is 42.5 Å². The number of carbonyl (C=O) groups excluding carboxylic acids is 2. The van der Waals surface area contributed by atoms with Crippen LogP contribution in [0.15, 0.2) is 65.0 Å². The molecule has 4 nitrogen and oxygen atoms in total. The number of para-hydroxylation sites is 1. The first-order valence-electron chi connectivity index (χ1n) is 10.3. The van der Waals surface area contributed by atoms with E-state index in [9.17, 15) is 18.4 Å². The van der Waals surface area contributed by atoms with Gasteiger partial charge in [0, 0.05) is 39.9 Å². The van der Waals surface area contributed by atoms with E-state index in [1.54, 1.807) is 31.2 Å². The Labute approximate surface area is 190 Å². The first-order valence-corrected chi connectivity index (χ1v) is 10.7. The van der Waals surface area contributed by atoms with E-state index in [2.05, 4.69) is 10.6 Å². The highest BCUT2D eigenvalue weighted by atomic mass is 35.5. The molecule has 32 heavy (non-hydrogen) atoms. The zero-order chi connectivity index (χ0) is 23.2. The molecule has 2 aliphatic rings. The molecule has 2 aromatic rings. The molecule has 0 bridgehead atoms. The van der Waals surface area contributed by atoms with Gasteiger partial charge in [0.25, 0.3) is 5.91 Å². The Kier molecular flexibility index (Phi) is 5.67. The molecule has 166 valence electrons. The second-order valence-corrected chi connectivity index (χ2v) is 9.41. The molecular formula is C25H23ClF2N2O2. The van der Waals surface area contributed by atoms with Gasteiger partial charge in [-0.3, -0.25) is 9.59 Å². The minimum absolute atomic E-state index is 0.0801. The van der Waals surface area contributed by atoms with Crippen molar-refractivity contribution in [3.05, 3.63) is 87.2 Å². The van der Waals surface area contributed by atoms with Crippen LogP contribution in [0.3, 0.4) is 0 Å². The Bertz CT molecular complexity index is 1180. The molecule has 0 aromatic heterocycles. The van der Waals surface area contributed by atoms with Crippen LogP contribution in [-0.4, -0.2) is 11.7 Å². The summed E-state index contributed by atoms with van der Waals surface area (Å²) < 4.78 is 28.4. The highest BCUT2D eigenvalue weighted by Crippen LogP contribution is 2.48. The molecule has 1 amide bonds. The second-order valence-electron chi connectivity index (χ2n) is 9.00. The number of Topliss-reactive ketones (excluding diaryl/α,β-unsaturated/α-hetero) is 1. The Balaban J connectivity index is 1.85. The van der Waals surface area contributed by atoms with Crippen molar-refractivity contribution in [1.29, 1.82) is 0 Å². The van der Waals surface area contributed by atoms with Gasteiger partial charge in [-0.1, -0.05) is 49.7 Å². The lowest BCUT2D eigenvalue weighted by Crippen LogP contribution is -2.39. The maximum Gasteiger partial charge on any atom is 0.254 e. The van der Waals surface area contributed by atoms with Gasteiger partial charge >= 0.3 is 0 Å². The zero-order valence-corrected chi connectivity index (χ0v) is 18.7. The quantitative estimate of drug-likeness (QED) is 0.608. The Morgan fingerprint density at radius 2 is 1.75 bits per heavy atom. The lowest BCUT2D eigenvalue weighted by molar-refractivity contribution is -0.118. The largest absolute Gasteiger partial charge is 0.362 e. The topological polar surface area (TPSA) is 58.2 Å². The molecule has 1 aliphatic heterocycles. The summed E-state index contributed by atoms with van der Waals surface area (Å²) >= 11 is 6.49. The maximum atomic E-state index is 14.2. The number of rotatable bonds is 3. The molecule has 1 unspecified atom stereocenters. The molecule has 0 spiro atoms. The summed E-state index contributed by atoms with van der Waals surface area (Å²) in [5.74, 6) is -3.30. The third-order valence-corrected chi connectivity index (χ3v) is 6.25. The van der Waals surface area contributed by atoms with Gasteiger partial charge in [0.05, 0.1) is 0 Å². The van der Waals surface area contributed by atoms with Gasteiger partial charge in [-0.25, -0.2) is 8.78 Å². The molecule has 2 aromatic carbocycles. The lowest BCUT2D eigenvalue weighted by atomic mass is 9.68. The van der Waals surface area contributed by atoms with Gasteiger partial charge in [-0.2, -0.15) is 0 Å². The smallest absolute Gasteiger partial charge is 0.254 e. The van der Waals surface area contributed by atoms with Crippen LogP contribution in [0.4, 0.5) is 14.5 Å². The number of hydrogen-bond donors (Lipinski definition) is 2. The number of nitrogens with one attached hydrogen (secondary N) is 2. The number of hydrogen-bond acceptors (Lipinski definition) is 3. The summed E-state index contributed by atoms with van der Waals surface area (Å²) in [6, 6.07) is 10.4. The van der Waals surface area contributed by atoms with Crippen molar-refractivity contribution in [1.82, 2.24) is 5.32 Å². The van der Waals surface area contributed by atoms with Gasteiger partial charge in [0.1, 0.15) is 17.3 Å². The van der Waals surface area contributed by atoms with Crippen molar-refractivity contribution in [3.8, 4) is 0 Å². The molecule has 0 saturated carbocycles. The van der Waals surface area contributed by atoms with Gasteiger partial charge in [0.15, 0.2) is 5.78 Å². The average Bonchev–Trinajstić information content (AvgIpc) is 2.69. The van der Waals surface area contributed by atoms with Crippen molar-refractivity contribution in [2.24, 2.45) is 5.41 Å². The standard InChI is InChI=1S/C25H23ClF2N2O2/c1-13-20(24(32)30-23-16(27)9-6-10-17(23)28)21(14-7-4-5-8-15(14)26)22-18(29-13)11-25(2,3)12-19(22)31/h4-10,21,29H,11-12H2,1-3H3,(H,30,32). The summed E-state index contributed by atoms with van der Waals surface area (Å²) in [5, 5.41) is 5.98. The normalized spacial score (nSPS) is 20.1. The van der Waals surface area contributed by atoms with Gasteiger partial charge in [0.2, 0.25) is 0 Å². The van der Waals surface area contributed by atoms with E-state index in [1.165, 1.54) is 6.07 Å². The van der Waals surface area contributed by atoms with Crippen LogP contribution < -0.4 is 10.6 Å². The average molecular weight is 457 g/mol. The minimum atomic E-state index is -0.884. The fraction of sp³-hybridized carbons (Fsp3) is 0.280. The van der Waals surface area contributed by atoms with E-state index in [0.717, 1.165) is 17.8 Å². The summed E-state index contributed by atoms with van der Waals surface area (Å²) in [6.07, 6.45) is 0.952. The predicted molar refractivity (Wildman–Crippen MR) is 120 cm³/mol. The van der Waals surface area contributed by atoms with Gasteiger partial charge in [-0.15, -0.1) is 0 Å². The number of amides is 1. The summed E-state index contributed by atoms with van der Waals surface area (Å²) in [5.41, 5.74) is 1.76. The summed E-state index contributed by atoms with van der Waals surface area (Å²) in [4.78, 5) is 26.6. The number of benzene rings is 2. The fourth-order valence-corrected chi connectivity index (χ4v) is 4.80. The Morgan fingerprint density at radius 3 is 2.41 bits per heavy atom. The second kappa shape index (κ2) is 8.17. The Morgan fingerprint density at radius 1 is 1.09 bits per heavy atom. The SMILES string of the molecule is CC1=C(C(=O)Nc2c(F)cccc2F)C(c2ccccc2Cl)C2=C(CC(C)(C)CC2=O)N1. The number of halogens is 3. The van der Waals surface area contributed by atoms with E-state index in [1.807, 2.05) is 13.8 Å². The van der Waals surface area contributed by atoms with E-state index >= 15 is 0 Å². The van der Waals surface area contributed by atoms with Crippen molar-refractivity contribution in [2.75, 3.05) is 5.32 Å². The van der Waals surface area contributed by atoms with Crippen LogP contribution in [0.25, 0.3) is 0 Å². The molecule has 0 fully saturated rings. The summed E-state index contributed by atoms with van der Waals surface area (Å²) in [7, 11) is 0. The molecule has 2 N–H and O–H groups in total. The zero-order valence-electron chi connectivity index (χ0n) is 18.0. The van der Waals surface area contributed by atoms with Crippen molar-refractivity contribution in [3.63, 3.8) is 0 Å². The lowest BCUT2D eigenvalue weighted by Gasteiger charge is -2.39. The van der Waals surface area contributed by atoms with E-state index < -0.39 is 29.1 Å². The third-order valence-electron chi connectivity index (χ3n) is 5.90. The first kappa shape index (κ1) is 22.2. The molecule has 1 atom stereocenters. The van der Waals surface area contributed by atoms with Crippen LogP contribution in [0, 0.1) is 17.0 Å². The van der Waals surface area contributed by atoms with Crippen LogP contribution in [0.2, 0.25) is 5.02 Å². The molecule has 7 heteroatoms. The monoisotopic (exact) mass is 456 g/mol. The van der Waals surface area contributed by atoms with Gasteiger partial charge < -0.3 is 10.6 Å². The number of carbonyl (C=O) groups is 2.